The summed E-state index contributed by atoms with van der Waals surface area (Å²) in [6.45, 7) is 12.9. The number of para-hydroxylation sites is 2. The fraction of sp³-hybridized carbons (Fsp3) is 0.611. The molecule has 0 aliphatic heterocycles. The highest BCUT2D eigenvalue weighted by Gasteiger charge is 2.67. The van der Waals surface area contributed by atoms with Gasteiger partial charge < -0.3 is 9.64 Å². The van der Waals surface area contributed by atoms with Gasteiger partial charge >= 0.3 is 0 Å². The molecule has 0 N–H and O–H groups in total. The maximum absolute atomic E-state index is 12.3. The van der Waals surface area contributed by atoms with Crippen molar-refractivity contribution in [1.29, 1.82) is 0 Å². The second-order valence-electron chi connectivity index (χ2n) is 7.22. The van der Waals surface area contributed by atoms with E-state index in [2.05, 4.69) is 34.6 Å². The molecule has 1 unspecified atom stereocenters. The van der Waals surface area contributed by atoms with E-state index in [0.717, 1.165) is 11.4 Å². The van der Waals surface area contributed by atoms with Crippen LogP contribution >= 0.6 is 0 Å². The fourth-order valence-electron chi connectivity index (χ4n) is 4.11. The van der Waals surface area contributed by atoms with Crippen LogP contribution in [-0.4, -0.2) is 19.1 Å². The second-order valence-corrected chi connectivity index (χ2v) is 7.22. The van der Waals surface area contributed by atoms with Gasteiger partial charge in [0.1, 0.15) is 5.75 Å². The molecule has 1 aliphatic rings. The van der Waals surface area contributed by atoms with Gasteiger partial charge in [-0.05, 0) is 35.8 Å². The molecule has 21 heavy (non-hydrogen) atoms. The molecule has 1 aromatic rings. The third-order valence-electron chi connectivity index (χ3n) is 5.71. The predicted octanol–water partition coefficient (Wildman–Crippen LogP) is 4.12. The summed E-state index contributed by atoms with van der Waals surface area (Å²) >= 11 is 0. The minimum atomic E-state index is 0.0606. The molecule has 3 nitrogen and oxygen atoms in total. The van der Waals surface area contributed by atoms with Crippen LogP contribution in [0.5, 0.6) is 5.75 Å². The van der Waals surface area contributed by atoms with Gasteiger partial charge in [0.05, 0.1) is 12.8 Å². The van der Waals surface area contributed by atoms with Crippen LogP contribution in [0.4, 0.5) is 5.69 Å². The van der Waals surface area contributed by atoms with Crippen LogP contribution in [0.25, 0.3) is 0 Å². The van der Waals surface area contributed by atoms with Crippen molar-refractivity contribution in [3.05, 3.63) is 24.3 Å². The molecule has 2 rings (SSSR count). The highest BCUT2D eigenvalue weighted by atomic mass is 16.5. The highest BCUT2D eigenvalue weighted by Crippen LogP contribution is 2.70. The zero-order valence-corrected chi connectivity index (χ0v) is 14.2. The number of nitrogens with zero attached hydrogens (tertiary/aromatic N) is 1. The maximum atomic E-state index is 12.3. The molecular formula is C18H27NO2. The average Bonchev–Trinajstić information content (AvgIpc) is 2.79. The molecule has 0 aromatic heterocycles. The topological polar surface area (TPSA) is 29.5 Å². The normalized spacial score (nSPS) is 20.7. The van der Waals surface area contributed by atoms with E-state index in [1.807, 2.05) is 29.2 Å². The van der Waals surface area contributed by atoms with Crippen molar-refractivity contribution in [1.82, 2.24) is 0 Å². The maximum Gasteiger partial charge on any atom is 0.224 e. The minimum Gasteiger partial charge on any atom is -0.495 e. The molecule has 0 radical (unpaired) electrons. The minimum absolute atomic E-state index is 0.0606. The number of hydrogen-bond donors (Lipinski definition) is 0. The standard InChI is InChI=1S/C18H27NO2/c1-12(16-17(3,4)18(16,5)6)19(13(2)20)14-10-8-9-11-15(14)21-7/h8-12,16H,1-7H3. The molecule has 0 saturated heterocycles. The quantitative estimate of drug-likeness (QED) is 0.834. The first-order chi connectivity index (χ1) is 9.66. The van der Waals surface area contributed by atoms with E-state index >= 15 is 0 Å². The smallest absolute Gasteiger partial charge is 0.224 e. The van der Waals surface area contributed by atoms with Gasteiger partial charge in [0.2, 0.25) is 5.91 Å². The number of benzene rings is 1. The summed E-state index contributed by atoms with van der Waals surface area (Å²) in [5.41, 5.74) is 1.34. The van der Waals surface area contributed by atoms with Gasteiger partial charge in [0.25, 0.3) is 0 Å². The number of ether oxygens (including phenoxy) is 1. The van der Waals surface area contributed by atoms with Gasteiger partial charge in [0.15, 0.2) is 0 Å². The van der Waals surface area contributed by atoms with E-state index in [0.29, 0.717) is 5.92 Å². The summed E-state index contributed by atoms with van der Waals surface area (Å²) < 4.78 is 5.44. The fourth-order valence-corrected chi connectivity index (χ4v) is 4.11. The second kappa shape index (κ2) is 5.04. The van der Waals surface area contributed by atoms with Crippen molar-refractivity contribution in [2.75, 3.05) is 12.0 Å². The molecule has 1 atom stereocenters. The SMILES string of the molecule is COc1ccccc1N(C(C)=O)C(C)C1C(C)(C)C1(C)C. The highest BCUT2D eigenvalue weighted by molar-refractivity contribution is 5.93. The van der Waals surface area contributed by atoms with Crippen LogP contribution in [0.2, 0.25) is 0 Å². The van der Waals surface area contributed by atoms with Crippen molar-refractivity contribution in [2.45, 2.75) is 47.6 Å². The van der Waals surface area contributed by atoms with Gasteiger partial charge in [0, 0.05) is 13.0 Å². The van der Waals surface area contributed by atoms with E-state index in [4.69, 9.17) is 4.74 Å². The van der Waals surface area contributed by atoms with E-state index < -0.39 is 0 Å². The zero-order valence-electron chi connectivity index (χ0n) is 14.2. The first-order valence-electron chi connectivity index (χ1n) is 7.59. The number of carbonyl (C=O) groups is 1. The Morgan fingerprint density at radius 3 is 2.14 bits per heavy atom. The van der Waals surface area contributed by atoms with Crippen molar-refractivity contribution >= 4 is 11.6 Å². The van der Waals surface area contributed by atoms with E-state index in [1.165, 1.54) is 0 Å². The van der Waals surface area contributed by atoms with E-state index in [-0.39, 0.29) is 22.8 Å². The Morgan fingerprint density at radius 1 is 1.19 bits per heavy atom. The molecule has 0 bridgehead atoms. The lowest BCUT2D eigenvalue weighted by atomic mass is 10.0. The zero-order chi connectivity index (χ0) is 16.0. The molecule has 116 valence electrons. The van der Waals surface area contributed by atoms with Gasteiger partial charge in [-0.2, -0.15) is 0 Å². The lowest BCUT2D eigenvalue weighted by Crippen LogP contribution is -2.40. The van der Waals surface area contributed by atoms with Crippen molar-refractivity contribution < 1.29 is 9.53 Å². The van der Waals surface area contributed by atoms with Crippen molar-refractivity contribution in [3.8, 4) is 5.75 Å². The molecule has 3 heteroatoms. The number of rotatable bonds is 4. The lowest BCUT2D eigenvalue weighted by Gasteiger charge is -2.31. The molecule has 0 heterocycles. The first-order valence-corrected chi connectivity index (χ1v) is 7.59. The summed E-state index contributed by atoms with van der Waals surface area (Å²) in [6.07, 6.45) is 0. The Kier molecular flexibility index (Phi) is 3.81. The Balaban J connectivity index is 2.40. The monoisotopic (exact) mass is 289 g/mol. The summed E-state index contributed by atoms with van der Waals surface area (Å²) in [5.74, 6) is 1.28. The lowest BCUT2D eigenvalue weighted by molar-refractivity contribution is -0.117. The molecule has 1 aliphatic carbocycles. The third kappa shape index (κ3) is 2.33. The van der Waals surface area contributed by atoms with Gasteiger partial charge in [-0.3, -0.25) is 4.79 Å². The molecule has 1 amide bonds. The van der Waals surface area contributed by atoms with Crippen molar-refractivity contribution in [2.24, 2.45) is 16.7 Å². The number of methoxy groups -OCH3 is 1. The summed E-state index contributed by atoms with van der Waals surface area (Å²) in [5, 5.41) is 0. The molecule has 0 spiro atoms. The number of hydrogen-bond acceptors (Lipinski definition) is 2. The Morgan fingerprint density at radius 2 is 1.71 bits per heavy atom. The predicted molar refractivity (Wildman–Crippen MR) is 86.7 cm³/mol. The average molecular weight is 289 g/mol. The Labute approximate surface area is 128 Å². The number of anilines is 1. The van der Waals surface area contributed by atoms with Crippen LogP contribution in [0.15, 0.2) is 24.3 Å². The van der Waals surface area contributed by atoms with Crippen LogP contribution in [0.3, 0.4) is 0 Å². The third-order valence-corrected chi connectivity index (χ3v) is 5.71. The summed E-state index contributed by atoms with van der Waals surface area (Å²) in [6, 6.07) is 7.88. The van der Waals surface area contributed by atoms with Crippen LogP contribution in [0, 0.1) is 16.7 Å². The van der Waals surface area contributed by atoms with Crippen LogP contribution in [-0.2, 0) is 4.79 Å². The van der Waals surface area contributed by atoms with Crippen molar-refractivity contribution in [3.63, 3.8) is 0 Å². The number of carbonyl (C=O) groups excluding carboxylic acids is 1. The van der Waals surface area contributed by atoms with E-state index in [9.17, 15) is 4.79 Å². The van der Waals surface area contributed by atoms with E-state index in [1.54, 1.807) is 14.0 Å². The largest absolute Gasteiger partial charge is 0.495 e. The van der Waals surface area contributed by atoms with Gasteiger partial charge in [-0.1, -0.05) is 39.8 Å². The molecule has 1 fully saturated rings. The molecule has 1 saturated carbocycles. The van der Waals surface area contributed by atoms with Gasteiger partial charge in [-0.25, -0.2) is 0 Å². The number of amides is 1. The molecular weight excluding hydrogens is 262 g/mol. The Bertz CT molecular complexity index is 534. The van der Waals surface area contributed by atoms with Gasteiger partial charge in [-0.15, -0.1) is 0 Å². The first kappa shape index (κ1) is 15.9. The Hall–Kier alpha value is -1.51. The van der Waals surface area contributed by atoms with Crippen LogP contribution < -0.4 is 9.64 Å². The molecule has 1 aromatic carbocycles. The summed E-state index contributed by atoms with van der Waals surface area (Å²) in [4.78, 5) is 14.2. The summed E-state index contributed by atoms with van der Waals surface area (Å²) in [7, 11) is 1.65. The van der Waals surface area contributed by atoms with Crippen LogP contribution in [0.1, 0.15) is 41.5 Å².